The summed E-state index contributed by atoms with van der Waals surface area (Å²) in [5.41, 5.74) is 1.11. The number of nitrogens with one attached hydrogen (secondary N) is 1. The number of hydrogen-bond acceptors (Lipinski definition) is 4. The van der Waals surface area contributed by atoms with Gasteiger partial charge in [-0.3, -0.25) is 0 Å². The number of benzene rings is 1. The smallest absolute Gasteiger partial charge is 0.149 e. The minimum atomic E-state index is 0.220. The molecule has 0 radical (unpaired) electrons. The Morgan fingerprint density at radius 3 is 1.78 bits per heavy atom. The van der Waals surface area contributed by atoms with Crippen molar-refractivity contribution in [3.63, 3.8) is 0 Å². The highest BCUT2D eigenvalue weighted by Crippen LogP contribution is 2.39. The van der Waals surface area contributed by atoms with E-state index in [9.17, 15) is 0 Å². The average Bonchev–Trinajstić information content (AvgIpc) is 2.67. The summed E-state index contributed by atoms with van der Waals surface area (Å²) in [6.45, 7) is 7.79. The molecule has 27 heavy (non-hydrogen) atoms. The topological polar surface area (TPSA) is 39.7 Å². The van der Waals surface area contributed by atoms with Crippen molar-refractivity contribution >= 4 is 5.69 Å². The molecule has 0 heterocycles. The van der Waals surface area contributed by atoms with E-state index in [2.05, 4.69) is 26.1 Å². The third kappa shape index (κ3) is 8.77. The van der Waals surface area contributed by atoms with E-state index in [0.717, 1.165) is 29.5 Å². The minimum absolute atomic E-state index is 0.220. The van der Waals surface area contributed by atoms with E-state index < -0.39 is 0 Å². The molecule has 0 saturated carbocycles. The second kappa shape index (κ2) is 12.7. The van der Waals surface area contributed by atoms with Crippen molar-refractivity contribution in [2.45, 2.75) is 78.6 Å². The van der Waals surface area contributed by atoms with Gasteiger partial charge in [0.15, 0.2) is 0 Å². The van der Waals surface area contributed by atoms with Gasteiger partial charge >= 0.3 is 0 Å². The normalized spacial score (nSPS) is 11.3. The SMILES string of the molecule is CCCCCCCCCCC(C)(C)CNc1c(OC)cc(OC)cc1OC. The zero-order valence-electron chi connectivity index (χ0n) is 18.5. The predicted molar refractivity (Wildman–Crippen MR) is 116 cm³/mol. The number of rotatable bonds is 15. The van der Waals surface area contributed by atoms with Crippen LogP contribution in [0.3, 0.4) is 0 Å². The average molecular weight is 380 g/mol. The van der Waals surface area contributed by atoms with Crippen LogP contribution in [0.2, 0.25) is 0 Å². The van der Waals surface area contributed by atoms with Gasteiger partial charge in [0, 0.05) is 18.7 Å². The van der Waals surface area contributed by atoms with Gasteiger partial charge in [0.1, 0.15) is 22.9 Å². The van der Waals surface area contributed by atoms with Crippen molar-refractivity contribution in [3.8, 4) is 17.2 Å². The Labute approximate surface area is 167 Å². The molecular weight excluding hydrogens is 338 g/mol. The van der Waals surface area contributed by atoms with E-state index in [-0.39, 0.29) is 5.41 Å². The standard InChI is InChI=1S/C23H41NO3/c1-7-8-9-10-11-12-13-14-15-23(2,3)18-24-22-20(26-5)16-19(25-4)17-21(22)27-6/h16-17,24H,7-15,18H2,1-6H3. The molecule has 4 heteroatoms. The highest BCUT2D eigenvalue weighted by atomic mass is 16.5. The first-order chi connectivity index (χ1) is 13.0. The molecule has 0 fully saturated rings. The van der Waals surface area contributed by atoms with Crippen LogP contribution in [0, 0.1) is 5.41 Å². The Bertz CT molecular complexity index is 503. The summed E-state index contributed by atoms with van der Waals surface area (Å²) in [6.07, 6.45) is 12.1. The van der Waals surface area contributed by atoms with Gasteiger partial charge in [-0.1, -0.05) is 72.1 Å². The number of anilines is 1. The Hall–Kier alpha value is -1.58. The summed E-state index contributed by atoms with van der Waals surface area (Å²) in [5.74, 6) is 2.22. The van der Waals surface area contributed by atoms with Crippen LogP contribution in [0.25, 0.3) is 0 Å². The van der Waals surface area contributed by atoms with E-state index in [4.69, 9.17) is 14.2 Å². The third-order valence-electron chi connectivity index (χ3n) is 5.17. The van der Waals surface area contributed by atoms with Crippen molar-refractivity contribution in [3.05, 3.63) is 12.1 Å². The number of unbranched alkanes of at least 4 members (excludes halogenated alkanes) is 7. The summed E-state index contributed by atoms with van der Waals surface area (Å²) in [4.78, 5) is 0. The Balaban J connectivity index is 2.46. The van der Waals surface area contributed by atoms with Crippen LogP contribution in [0.1, 0.15) is 78.6 Å². The fraction of sp³-hybridized carbons (Fsp3) is 0.739. The molecule has 0 aromatic heterocycles. The second-order valence-electron chi connectivity index (χ2n) is 8.15. The summed E-state index contributed by atoms with van der Waals surface area (Å²) >= 11 is 0. The van der Waals surface area contributed by atoms with Crippen molar-refractivity contribution < 1.29 is 14.2 Å². The second-order valence-corrected chi connectivity index (χ2v) is 8.15. The highest BCUT2D eigenvalue weighted by molar-refractivity contribution is 5.68. The molecule has 0 spiro atoms. The molecule has 0 saturated heterocycles. The summed E-state index contributed by atoms with van der Waals surface area (Å²) in [6, 6.07) is 3.77. The van der Waals surface area contributed by atoms with E-state index in [1.807, 2.05) is 12.1 Å². The molecular formula is C23H41NO3. The lowest BCUT2D eigenvalue weighted by Crippen LogP contribution is -2.23. The zero-order chi connectivity index (χ0) is 20.1. The van der Waals surface area contributed by atoms with E-state index in [0.29, 0.717) is 0 Å². The van der Waals surface area contributed by atoms with Crippen molar-refractivity contribution in [1.29, 1.82) is 0 Å². The third-order valence-corrected chi connectivity index (χ3v) is 5.17. The molecule has 0 bridgehead atoms. The van der Waals surface area contributed by atoms with Gasteiger partial charge in [0.05, 0.1) is 21.3 Å². The molecule has 1 aromatic carbocycles. The van der Waals surface area contributed by atoms with E-state index in [1.54, 1.807) is 21.3 Å². The van der Waals surface area contributed by atoms with Gasteiger partial charge in [-0.05, 0) is 11.8 Å². The van der Waals surface area contributed by atoms with Crippen molar-refractivity contribution in [2.75, 3.05) is 33.2 Å². The first-order valence-corrected chi connectivity index (χ1v) is 10.5. The van der Waals surface area contributed by atoms with Crippen molar-refractivity contribution in [2.24, 2.45) is 5.41 Å². The number of ether oxygens (including phenoxy) is 3. The lowest BCUT2D eigenvalue weighted by Gasteiger charge is -2.27. The largest absolute Gasteiger partial charge is 0.496 e. The Morgan fingerprint density at radius 2 is 1.30 bits per heavy atom. The molecule has 0 unspecified atom stereocenters. The van der Waals surface area contributed by atoms with Gasteiger partial charge < -0.3 is 19.5 Å². The zero-order valence-corrected chi connectivity index (χ0v) is 18.5. The predicted octanol–water partition coefficient (Wildman–Crippen LogP) is 6.68. The van der Waals surface area contributed by atoms with Gasteiger partial charge in [-0.15, -0.1) is 0 Å². The number of methoxy groups -OCH3 is 3. The molecule has 0 aliphatic carbocycles. The number of hydrogen-bond donors (Lipinski definition) is 1. The van der Waals surface area contributed by atoms with Gasteiger partial charge in [-0.2, -0.15) is 0 Å². The molecule has 4 nitrogen and oxygen atoms in total. The maximum absolute atomic E-state index is 5.53. The monoisotopic (exact) mass is 379 g/mol. The van der Waals surface area contributed by atoms with E-state index in [1.165, 1.54) is 57.8 Å². The van der Waals surface area contributed by atoms with Crippen LogP contribution in [0.5, 0.6) is 17.2 Å². The molecule has 1 rings (SSSR count). The summed E-state index contributed by atoms with van der Waals surface area (Å²) in [5, 5.41) is 3.54. The van der Waals surface area contributed by atoms with Gasteiger partial charge in [0.25, 0.3) is 0 Å². The van der Waals surface area contributed by atoms with E-state index >= 15 is 0 Å². The lowest BCUT2D eigenvalue weighted by molar-refractivity contribution is 0.337. The maximum Gasteiger partial charge on any atom is 0.149 e. The van der Waals surface area contributed by atoms with Crippen LogP contribution >= 0.6 is 0 Å². The van der Waals surface area contributed by atoms with Crippen LogP contribution in [-0.4, -0.2) is 27.9 Å². The molecule has 156 valence electrons. The van der Waals surface area contributed by atoms with Gasteiger partial charge in [-0.25, -0.2) is 0 Å². The minimum Gasteiger partial charge on any atom is -0.496 e. The van der Waals surface area contributed by atoms with Crippen LogP contribution < -0.4 is 19.5 Å². The van der Waals surface area contributed by atoms with Crippen LogP contribution in [-0.2, 0) is 0 Å². The Morgan fingerprint density at radius 1 is 0.778 bits per heavy atom. The summed E-state index contributed by atoms with van der Waals surface area (Å²) in [7, 11) is 4.99. The first-order valence-electron chi connectivity index (χ1n) is 10.5. The molecule has 0 atom stereocenters. The Kier molecular flexibility index (Phi) is 11.1. The fourth-order valence-electron chi connectivity index (χ4n) is 3.33. The first kappa shape index (κ1) is 23.5. The van der Waals surface area contributed by atoms with Crippen LogP contribution in [0.4, 0.5) is 5.69 Å². The summed E-state index contributed by atoms with van der Waals surface area (Å²) < 4.78 is 16.4. The quantitative estimate of drug-likeness (QED) is 0.345. The molecule has 1 N–H and O–H groups in total. The van der Waals surface area contributed by atoms with Crippen molar-refractivity contribution in [1.82, 2.24) is 0 Å². The molecule has 0 aliphatic rings. The van der Waals surface area contributed by atoms with Crippen LogP contribution in [0.15, 0.2) is 12.1 Å². The molecule has 0 amide bonds. The maximum atomic E-state index is 5.53. The molecule has 0 aliphatic heterocycles. The molecule has 1 aromatic rings. The fourth-order valence-corrected chi connectivity index (χ4v) is 3.33. The lowest BCUT2D eigenvalue weighted by atomic mass is 9.86. The van der Waals surface area contributed by atoms with Gasteiger partial charge in [0.2, 0.25) is 0 Å². The highest BCUT2D eigenvalue weighted by Gasteiger charge is 2.20.